The monoisotopic (exact) mass is 417 g/mol. The van der Waals surface area contributed by atoms with Gasteiger partial charge in [-0.1, -0.05) is 12.1 Å². The molecule has 2 heteroatoms. The first kappa shape index (κ1) is 19.2. The van der Waals surface area contributed by atoms with Crippen molar-refractivity contribution in [3.63, 3.8) is 0 Å². The summed E-state index contributed by atoms with van der Waals surface area (Å²) in [6.45, 7) is 3.80. The molecule has 31 heavy (non-hydrogen) atoms. The topological polar surface area (TPSA) is 29.1 Å². The zero-order valence-electron chi connectivity index (χ0n) is 19.5. The van der Waals surface area contributed by atoms with Crippen LogP contribution in [0.4, 0.5) is 5.69 Å². The van der Waals surface area contributed by atoms with Crippen molar-refractivity contribution in [3.8, 4) is 0 Å². The molecule has 0 aromatic heterocycles. The van der Waals surface area contributed by atoms with E-state index >= 15 is 0 Å². The summed E-state index contributed by atoms with van der Waals surface area (Å²) >= 11 is 0. The molecule has 2 atom stereocenters. The predicted octanol–water partition coefficient (Wildman–Crippen LogP) is 7.01. The number of carbonyl (C=O) groups is 1. The largest absolute Gasteiger partial charge is 0.326 e. The van der Waals surface area contributed by atoms with Crippen molar-refractivity contribution < 1.29 is 4.79 Å². The quantitative estimate of drug-likeness (QED) is 0.563. The number of amides is 1. The lowest BCUT2D eigenvalue weighted by Gasteiger charge is -2.72. The number of hydrogen-bond donors (Lipinski definition) is 1. The molecule has 8 saturated carbocycles. The van der Waals surface area contributed by atoms with Crippen LogP contribution in [-0.2, 0) is 10.2 Å². The molecule has 1 aromatic carbocycles. The predicted molar refractivity (Wildman–Crippen MR) is 125 cm³/mol. The summed E-state index contributed by atoms with van der Waals surface area (Å²) in [4.78, 5) is 11.6. The number of nitrogens with one attached hydrogen (secondary N) is 1. The third-order valence-corrected chi connectivity index (χ3v) is 11.4. The summed E-state index contributed by atoms with van der Waals surface area (Å²) in [5.74, 6) is 5.15. The third kappa shape index (κ3) is 2.66. The van der Waals surface area contributed by atoms with Gasteiger partial charge in [0.15, 0.2) is 0 Å². The summed E-state index contributed by atoms with van der Waals surface area (Å²) in [5.41, 5.74) is 5.58. The summed E-state index contributed by atoms with van der Waals surface area (Å²) < 4.78 is 0. The van der Waals surface area contributed by atoms with Gasteiger partial charge >= 0.3 is 0 Å². The highest BCUT2D eigenvalue weighted by atomic mass is 16.1. The fourth-order valence-corrected chi connectivity index (χ4v) is 11.3. The van der Waals surface area contributed by atoms with Crippen molar-refractivity contribution in [3.05, 3.63) is 29.3 Å². The molecule has 9 rings (SSSR count). The van der Waals surface area contributed by atoms with Crippen LogP contribution in [0.2, 0.25) is 0 Å². The highest BCUT2D eigenvalue weighted by molar-refractivity contribution is 5.89. The van der Waals surface area contributed by atoms with Gasteiger partial charge in [0.25, 0.3) is 0 Å². The maximum absolute atomic E-state index is 11.6. The lowest BCUT2D eigenvalue weighted by molar-refractivity contribution is -0.205. The molecule has 1 N–H and O–H groups in total. The van der Waals surface area contributed by atoms with Crippen LogP contribution in [0, 0.1) is 47.3 Å². The van der Waals surface area contributed by atoms with Gasteiger partial charge in [0.2, 0.25) is 5.91 Å². The first-order chi connectivity index (χ1) is 14.9. The van der Waals surface area contributed by atoms with Gasteiger partial charge in [0, 0.05) is 12.6 Å². The van der Waals surface area contributed by atoms with E-state index in [0.29, 0.717) is 16.2 Å². The smallest absolute Gasteiger partial charge is 0.221 e. The minimum atomic E-state index is 0.0337. The molecular weight excluding hydrogens is 378 g/mol. The molecule has 2 nitrogen and oxygen atoms in total. The molecule has 0 saturated heterocycles. The second kappa shape index (κ2) is 6.17. The molecule has 8 fully saturated rings. The maximum Gasteiger partial charge on any atom is 0.221 e. The van der Waals surface area contributed by atoms with E-state index in [1.54, 1.807) is 63.9 Å². The first-order valence-electron chi connectivity index (χ1n) is 13.2. The average Bonchev–Trinajstić information content (AvgIpc) is 2.67. The molecular formula is C29H39NO. The minimum absolute atomic E-state index is 0.0337. The van der Waals surface area contributed by atoms with Crippen molar-refractivity contribution in [2.45, 2.75) is 96.3 Å². The highest BCUT2D eigenvalue weighted by Gasteiger charge is 2.67. The number of benzene rings is 1. The Kier molecular flexibility index (Phi) is 3.82. The van der Waals surface area contributed by atoms with E-state index in [0.717, 1.165) is 35.3 Å². The van der Waals surface area contributed by atoms with Crippen molar-refractivity contribution in [1.29, 1.82) is 0 Å². The maximum atomic E-state index is 11.6. The van der Waals surface area contributed by atoms with Gasteiger partial charge in [-0.25, -0.2) is 0 Å². The minimum Gasteiger partial charge on any atom is -0.326 e. The SMILES string of the molecule is CC(=O)Nc1ccc(C23CC4CC(C2)CC(C25CC6CC(CC(C6)C2)C5)(C4)C3)cc1C. The van der Waals surface area contributed by atoms with Gasteiger partial charge < -0.3 is 5.32 Å². The molecule has 1 aromatic rings. The summed E-state index contributed by atoms with van der Waals surface area (Å²) in [7, 11) is 0. The Hall–Kier alpha value is -1.31. The molecule has 8 aliphatic rings. The van der Waals surface area contributed by atoms with Crippen LogP contribution in [0.3, 0.4) is 0 Å². The Bertz CT molecular complexity index is 895. The van der Waals surface area contributed by atoms with Crippen LogP contribution >= 0.6 is 0 Å². The first-order valence-corrected chi connectivity index (χ1v) is 13.2. The molecule has 1 amide bonds. The van der Waals surface area contributed by atoms with E-state index in [1.807, 2.05) is 0 Å². The number of hydrogen-bond acceptors (Lipinski definition) is 1. The highest BCUT2D eigenvalue weighted by Crippen LogP contribution is 2.77. The van der Waals surface area contributed by atoms with Crippen LogP contribution in [-0.4, -0.2) is 5.91 Å². The lowest BCUT2D eigenvalue weighted by Crippen LogP contribution is -2.63. The number of anilines is 1. The Morgan fingerprint density at radius 1 is 0.806 bits per heavy atom. The Morgan fingerprint density at radius 3 is 1.90 bits per heavy atom. The fraction of sp³-hybridized carbons (Fsp3) is 0.759. The zero-order valence-corrected chi connectivity index (χ0v) is 19.5. The van der Waals surface area contributed by atoms with Crippen molar-refractivity contribution in [1.82, 2.24) is 0 Å². The molecule has 8 aliphatic carbocycles. The van der Waals surface area contributed by atoms with Crippen LogP contribution in [0.5, 0.6) is 0 Å². The van der Waals surface area contributed by atoms with Gasteiger partial charge in [-0.05, 0) is 147 Å². The molecule has 0 aliphatic heterocycles. The fourth-order valence-electron chi connectivity index (χ4n) is 11.3. The third-order valence-electron chi connectivity index (χ3n) is 11.4. The van der Waals surface area contributed by atoms with Crippen LogP contribution < -0.4 is 5.32 Å². The van der Waals surface area contributed by atoms with E-state index in [9.17, 15) is 4.79 Å². The molecule has 0 spiro atoms. The molecule has 8 bridgehead atoms. The van der Waals surface area contributed by atoms with Gasteiger partial charge in [0.05, 0.1) is 0 Å². The van der Waals surface area contributed by atoms with E-state index in [2.05, 4.69) is 30.4 Å². The second-order valence-electron chi connectivity index (χ2n) is 13.4. The van der Waals surface area contributed by atoms with Gasteiger partial charge in [0.1, 0.15) is 0 Å². The molecule has 0 radical (unpaired) electrons. The number of carbonyl (C=O) groups excluding carboxylic acids is 1. The van der Waals surface area contributed by atoms with E-state index in [1.165, 1.54) is 31.2 Å². The normalized spacial score (nSPS) is 48.9. The zero-order chi connectivity index (χ0) is 21.0. The summed E-state index contributed by atoms with van der Waals surface area (Å²) in [6.07, 6.45) is 18.4. The Balaban J connectivity index is 1.28. The van der Waals surface area contributed by atoms with E-state index in [-0.39, 0.29) is 5.91 Å². The Labute approximate surface area is 188 Å². The lowest BCUT2D eigenvalue weighted by atomic mass is 9.32. The molecule has 166 valence electrons. The van der Waals surface area contributed by atoms with Crippen molar-refractivity contribution in [2.75, 3.05) is 5.32 Å². The average molecular weight is 418 g/mol. The summed E-state index contributed by atoms with van der Waals surface area (Å²) in [5, 5.41) is 3.03. The van der Waals surface area contributed by atoms with Crippen LogP contribution in [0.1, 0.15) is 95.1 Å². The van der Waals surface area contributed by atoms with Crippen molar-refractivity contribution in [2.24, 2.45) is 40.4 Å². The van der Waals surface area contributed by atoms with Gasteiger partial charge in [-0.15, -0.1) is 0 Å². The van der Waals surface area contributed by atoms with Crippen LogP contribution in [0.15, 0.2) is 18.2 Å². The van der Waals surface area contributed by atoms with E-state index < -0.39 is 0 Å². The number of rotatable bonds is 3. The Morgan fingerprint density at radius 2 is 1.35 bits per heavy atom. The molecule has 2 unspecified atom stereocenters. The van der Waals surface area contributed by atoms with Crippen LogP contribution in [0.25, 0.3) is 0 Å². The van der Waals surface area contributed by atoms with E-state index in [4.69, 9.17) is 0 Å². The van der Waals surface area contributed by atoms with Gasteiger partial charge in [-0.3, -0.25) is 4.79 Å². The van der Waals surface area contributed by atoms with Crippen molar-refractivity contribution >= 4 is 11.6 Å². The second-order valence-corrected chi connectivity index (χ2v) is 13.4. The number of aryl methyl sites for hydroxylation is 1. The standard InChI is InChI=1S/C29H39NO/c1-18-5-25(3-4-26(18)30-19(2)31)27-10-23-9-24(11-27)16-29(15-23,17-27)28-12-20-6-21(13-28)8-22(7-20)14-28/h3-5,20-24H,6-17H2,1-2H3,(H,30,31). The molecule has 0 heterocycles. The van der Waals surface area contributed by atoms with Gasteiger partial charge in [-0.2, -0.15) is 0 Å². The summed E-state index contributed by atoms with van der Waals surface area (Å²) in [6, 6.07) is 7.03.